The molecule has 8 nitrogen and oxygen atoms in total. The predicted molar refractivity (Wildman–Crippen MR) is 97.9 cm³/mol. The quantitative estimate of drug-likeness (QED) is 0.537. The molecule has 2 aromatic heterocycles. The van der Waals surface area contributed by atoms with Crippen LogP contribution in [0.5, 0.6) is 11.5 Å². The molecule has 0 atom stereocenters. The van der Waals surface area contributed by atoms with Gasteiger partial charge in [0, 0.05) is 5.56 Å². The van der Waals surface area contributed by atoms with Crippen molar-refractivity contribution in [2.24, 2.45) is 0 Å². The van der Waals surface area contributed by atoms with Crippen LogP contribution in [0.25, 0.3) is 28.7 Å². The monoisotopic (exact) mass is 363 g/mol. The smallest absolute Gasteiger partial charge is 0.258 e. The summed E-state index contributed by atoms with van der Waals surface area (Å²) in [6.45, 7) is 1.91. The van der Waals surface area contributed by atoms with Gasteiger partial charge in [-0.15, -0.1) is 5.10 Å². The number of hydrogen-bond acceptors (Lipinski definition) is 7. The SMILES string of the molecule is COc1ccc(-c2nc(-c3nnn(-c4ccccc4)c3C)no2)cc1OC. The fraction of sp³-hybridized carbons (Fsp3) is 0.158. The second-order valence-electron chi connectivity index (χ2n) is 5.76. The minimum absolute atomic E-state index is 0.361. The molecule has 0 radical (unpaired) electrons. The molecular weight excluding hydrogens is 346 g/mol. The Morgan fingerprint density at radius 3 is 2.48 bits per heavy atom. The lowest BCUT2D eigenvalue weighted by atomic mass is 10.2. The van der Waals surface area contributed by atoms with Crippen molar-refractivity contribution in [1.29, 1.82) is 0 Å². The number of nitrogens with zero attached hydrogens (tertiary/aromatic N) is 5. The van der Waals surface area contributed by atoms with E-state index in [4.69, 9.17) is 14.0 Å². The van der Waals surface area contributed by atoms with Gasteiger partial charge in [-0.3, -0.25) is 0 Å². The van der Waals surface area contributed by atoms with Crippen LogP contribution in [-0.2, 0) is 0 Å². The number of benzene rings is 2. The largest absolute Gasteiger partial charge is 0.493 e. The zero-order chi connectivity index (χ0) is 18.8. The third kappa shape index (κ3) is 3.01. The summed E-state index contributed by atoms with van der Waals surface area (Å²) < 4.78 is 17.7. The topological polar surface area (TPSA) is 88.1 Å². The molecule has 0 unspecified atom stereocenters. The number of hydrogen-bond donors (Lipinski definition) is 0. The van der Waals surface area contributed by atoms with E-state index in [9.17, 15) is 0 Å². The van der Waals surface area contributed by atoms with Crippen molar-refractivity contribution >= 4 is 0 Å². The zero-order valence-corrected chi connectivity index (χ0v) is 15.1. The summed E-state index contributed by atoms with van der Waals surface area (Å²) in [6, 6.07) is 15.1. The van der Waals surface area contributed by atoms with Crippen molar-refractivity contribution in [3.05, 3.63) is 54.2 Å². The summed E-state index contributed by atoms with van der Waals surface area (Å²) in [5.41, 5.74) is 3.02. The third-order valence-electron chi connectivity index (χ3n) is 4.16. The van der Waals surface area contributed by atoms with Gasteiger partial charge >= 0.3 is 0 Å². The second kappa shape index (κ2) is 6.91. The number of ether oxygens (including phenoxy) is 2. The summed E-state index contributed by atoms with van der Waals surface area (Å²) >= 11 is 0. The van der Waals surface area contributed by atoms with Gasteiger partial charge < -0.3 is 14.0 Å². The number of aromatic nitrogens is 5. The van der Waals surface area contributed by atoms with Gasteiger partial charge in [-0.1, -0.05) is 28.6 Å². The lowest BCUT2D eigenvalue weighted by Gasteiger charge is -2.07. The highest BCUT2D eigenvalue weighted by molar-refractivity contribution is 5.62. The molecule has 2 heterocycles. The Hall–Kier alpha value is -3.68. The van der Waals surface area contributed by atoms with E-state index in [2.05, 4.69) is 20.5 Å². The van der Waals surface area contributed by atoms with E-state index >= 15 is 0 Å². The molecule has 8 heteroatoms. The van der Waals surface area contributed by atoms with Gasteiger partial charge in [0.15, 0.2) is 17.2 Å². The van der Waals surface area contributed by atoms with Gasteiger partial charge in [-0.25, -0.2) is 4.68 Å². The second-order valence-corrected chi connectivity index (χ2v) is 5.76. The molecule has 0 fully saturated rings. The summed E-state index contributed by atoms with van der Waals surface area (Å²) in [5, 5.41) is 12.5. The van der Waals surface area contributed by atoms with Gasteiger partial charge in [0.05, 0.1) is 25.6 Å². The van der Waals surface area contributed by atoms with E-state index in [0.717, 1.165) is 16.9 Å². The molecule has 4 aromatic rings. The highest BCUT2D eigenvalue weighted by Gasteiger charge is 2.19. The van der Waals surface area contributed by atoms with Gasteiger partial charge in [0.2, 0.25) is 5.82 Å². The normalized spacial score (nSPS) is 10.8. The molecule has 2 aromatic carbocycles. The van der Waals surface area contributed by atoms with E-state index in [1.54, 1.807) is 31.0 Å². The van der Waals surface area contributed by atoms with Crippen LogP contribution < -0.4 is 9.47 Å². The highest BCUT2D eigenvalue weighted by atomic mass is 16.5. The van der Waals surface area contributed by atoms with Crippen LogP contribution >= 0.6 is 0 Å². The standard InChI is InChI=1S/C19H17N5O3/c1-12-17(21-23-24(12)14-7-5-4-6-8-14)18-20-19(27-22-18)13-9-10-15(25-2)16(11-13)26-3/h4-11H,1-3H3. The Morgan fingerprint density at radius 1 is 0.963 bits per heavy atom. The first-order valence-electron chi connectivity index (χ1n) is 8.25. The van der Waals surface area contributed by atoms with Crippen molar-refractivity contribution in [3.63, 3.8) is 0 Å². The van der Waals surface area contributed by atoms with Crippen LogP contribution in [-0.4, -0.2) is 39.4 Å². The maximum Gasteiger partial charge on any atom is 0.258 e. The van der Waals surface area contributed by atoms with E-state index < -0.39 is 0 Å². The fourth-order valence-electron chi connectivity index (χ4n) is 2.76. The Labute approximate surface area is 155 Å². The van der Waals surface area contributed by atoms with Crippen LogP contribution in [0.3, 0.4) is 0 Å². The van der Waals surface area contributed by atoms with Gasteiger partial charge in [-0.05, 0) is 37.3 Å². The molecular formula is C19H17N5O3. The summed E-state index contributed by atoms with van der Waals surface area (Å²) in [7, 11) is 3.16. The van der Waals surface area contributed by atoms with Crippen LogP contribution in [0, 0.1) is 6.92 Å². The lowest BCUT2D eigenvalue weighted by molar-refractivity contribution is 0.355. The van der Waals surface area contributed by atoms with Crippen molar-refractivity contribution < 1.29 is 14.0 Å². The van der Waals surface area contributed by atoms with Gasteiger partial charge in [0.1, 0.15) is 0 Å². The van der Waals surface area contributed by atoms with Crippen molar-refractivity contribution in [1.82, 2.24) is 25.1 Å². The van der Waals surface area contributed by atoms with Crippen LogP contribution in [0.1, 0.15) is 5.69 Å². The third-order valence-corrected chi connectivity index (χ3v) is 4.16. The highest BCUT2D eigenvalue weighted by Crippen LogP contribution is 2.32. The molecule has 27 heavy (non-hydrogen) atoms. The van der Waals surface area contributed by atoms with E-state index in [0.29, 0.717) is 28.9 Å². The first-order valence-corrected chi connectivity index (χ1v) is 8.25. The first-order chi connectivity index (χ1) is 13.2. The van der Waals surface area contributed by atoms with Crippen molar-refractivity contribution in [2.45, 2.75) is 6.92 Å². The molecule has 0 spiro atoms. The van der Waals surface area contributed by atoms with Crippen LogP contribution in [0.4, 0.5) is 0 Å². The Morgan fingerprint density at radius 2 is 1.74 bits per heavy atom. The average Bonchev–Trinajstić information content (AvgIpc) is 3.34. The van der Waals surface area contributed by atoms with Crippen LogP contribution in [0.2, 0.25) is 0 Å². The fourth-order valence-corrected chi connectivity index (χ4v) is 2.76. The molecule has 0 saturated carbocycles. The summed E-state index contributed by atoms with van der Waals surface area (Å²) in [6.07, 6.45) is 0. The van der Waals surface area contributed by atoms with Gasteiger partial charge in [-0.2, -0.15) is 4.98 Å². The average molecular weight is 363 g/mol. The van der Waals surface area contributed by atoms with Gasteiger partial charge in [0.25, 0.3) is 5.89 Å². The van der Waals surface area contributed by atoms with Crippen molar-refractivity contribution in [3.8, 4) is 40.2 Å². The van der Waals surface area contributed by atoms with Crippen LogP contribution in [0.15, 0.2) is 53.1 Å². The Balaban J connectivity index is 1.69. The molecule has 0 saturated heterocycles. The minimum Gasteiger partial charge on any atom is -0.493 e. The zero-order valence-electron chi connectivity index (χ0n) is 15.1. The summed E-state index contributed by atoms with van der Waals surface area (Å²) in [5.74, 6) is 1.95. The maximum absolute atomic E-state index is 5.41. The molecule has 0 aliphatic heterocycles. The first kappa shape index (κ1) is 16.8. The molecule has 0 bridgehead atoms. The molecule has 4 rings (SSSR count). The summed E-state index contributed by atoms with van der Waals surface area (Å²) in [4.78, 5) is 4.46. The Kier molecular flexibility index (Phi) is 4.29. The van der Waals surface area contributed by atoms with Crippen molar-refractivity contribution in [2.75, 3.05) is 14.2 Å². The molecule has 0 amide bonds. The van der Waals surface area contributed by atoms with E-state index in [1.807, 2.05) is 43.3 Å². The predicted octanol–water partition coefficient (Wildman–Crippen LogP) is 3.31. The molecule has 0 aliphatic rings. The van der Waals surface area contributed by atoms with E-state index in [1.165, 1.54) is 0 Å². The number of para-hydroxylation sites is 1. The molecule has 0 aliphatic carbocycles. The molecule has 0 N–H and O–H groups in total. The maximum atomic E-state index is 5.41. The number of methoxy groups -OCH3 is 2. The number of rotatable bonds is 5. The molecule has 136 valence electrons. The Bertz CT molecular complexity index is 1070. The minimum atomic E-state index is 0.361. The lowest BCUT2D eigenvalue weighted by Crippen LogP contribution is -1.98. The van der Waals surface area contributed by atoms with E-state index in [-0.39, 0.29) is 0 Å².